The molecule has 3 fully saturated rings. The van der Waals surface area contributed by atoms with E-state index in [4.69, 9.17) is 18.9 Å². The summed E-state index contributed by atoms with van der Waals surface area (Å²) in [5.74, 6) is 0.174. The molecular weight excluding hydrogens is 410 g/mol. The van der Waals surface area contributed by atoms with Gasteiger partial charge < -0.3 is 23.8 Å². The highest BCUT2D eigenvalue weighted by Gasteiger charge is 2.63. The average Bonchev–Trinajstić information content (AvgIpc) is 3.43. The van der Waals surface area contributed by atoms with Crippen molar-refractivity contribution in [3.63, 3.8) is 0 Å². The number of hydrogen-bond donors (Lipinski definition) is 0. The van der Waals surface area contributed by atoms with Crippen LogP contribution in [0.25, 0.3) is 6.08 Å². The highest BCUT2D eigenvalue weighted by Crippen LogP contribution is 2.51. The highest BCUT2D eigenvalue weighted by molar-refractivity contribution is 6.07. The molecule has 0 saturated carbocycles. The van der Waals surface area contributed by atoms with Gasteiger partial charge in [-0.1, -0.05) is 30.4 Å². The Morgan fingerprint density at radius 3 is 2.78 bits per heavy atom. The maximum absolute atomic E-state index is 14.1. The summed E-state index contributed by atoms with van der Waals surface area (Å²) in [5, 5.41) is 0. The van der Waals surface area contributed by atoms with Gasteiger partial charge in [0.25, 0.3) is 0 Å². The molecule has 0 amide bonds. The number of para-hydroxylation sites is 1. The normalized spacial score (nSPS) is 31.7. The van der Waals surface area contributed by atoms with Crippen LogP contribution in [-0.4, -0.2) is 56.9 Å². The van der Waals surface area contributed by atoms with Crippen LogP contribution in [-0.2, 0) is 14.3 Å². The Labute approximate surface area is 185 Å². The molecule has 32 heavy (non-hydrogen) atoms. The topological polar surface area (TPSA) is 74.3 Å². The SMILES string of the molecule is COc1ccc(C(=O)[C@@H]2[C@H]3[C@H](C(=O)[C@H]4OC[C@@H]3O4)[C@H]3C=Cc4ccccc4N32)c(OC)c1. The molecule has 164 valence electrons. The van der Waals surface area contributed by atoms with Crippen LogP contribution < -0.4 is 14.4 Å². The van der Waals surface area contributed by atoms with E-state index in [0.29, 0.717) is 23.7 Å². The van der Waals surface area contributed by atoms with Gasteiger partial charge in [0.1, 0.15) is 11.5 Å². The van der Waals surface area contributed by atoms with Crippen molar-refractivity contribution in [1.29, 1.82) is 0 Å². The second-order valence-electron chi connectivity index (χ2n) is 8.54. The summed E-state index contributed by atoms with van der Waals surface area (Å²) in [7, 11) is 3.11. The second kappa shape index (κ2) is 7.18. The third-order valence-corrected chi connectivity index (χ3v) is 7.10. The Morgan fingerprint density at radius 2 is 1.97 bits per heavy atom. The number of nitrogens with zero attached hydrogens (tertiary/aromatic N) is 1. The number of ketones is 2. The van der Waals surface area contributed by atoms with E-state index in [1.807, 2.05) is 36.4 Å². The molecule has 0 aliphatic carbocycles. The molecule has 3 saturated heterocycles. The summed E-state index contributed by atoms with van der Waals surface area (Å²) < 4.78 is 22.4. The van der Waals surface area contributed by atoms with E-state index >= 15 is 0 Å². The van der Waals surface area contributed by atoms with Gasteiger partial charge in [-0.05, 0) is 23.8 Å². The number of hydrogen-bond acceptors (Lipinski definition) is 7. The predicted octanol–water partition coefficient (Wildman–Crippen LogP) is 2.73. The number of benzene rings is 2. The maximum atomic E-state index is 14.1. The Balaban J connectivity index is 1.51. The minimum atomic E-state index is -0.835. The Kier molecular flexibility index (Phi) is 4.38. The van der Waals surface area contributed by atoms with Crippen molar-refractivity contribution in [2.45, 2.75) is 24.5 Å². The largest absolute Gasteiger partial charge is 0.497 e. The first-order chi connectivity index (χ1) is 15.6. The van der Waals surface area contributed by atoms with Crippen LogP contribution >= 0.6 is 0 Å². The number of carbonyl (C=O) groups excluding carboxylic acids is 2. The Hall–Kier alpha value is -3.16. The summed E-state index contributed by atoms with van der Waals surface area (Å²) in [6, 6.07) is 12.3. The van der Waals surface area contributed by atoms with E-state index < -0.39 is 12.3 Å². The van der Waals surface area contributed by atoms with Crippen LogP contribution in [0, 0.1) is 11.8 Å². The van der Waals surface area contributed by atoms with E-state index in [0.717, 1.165) is 11.3 Å². The minimum absolute atomic E-state index is 0.0835. The fraction of sp³-hybridized carbons (Fsp3) is 0.360. The number of fused-ring (bicyclic) bond motifs is 8. The maximum Gasteiger partial charge on any atom is 0.218 e. The van der Waals surface area contributed by atoms with E-state index in [9.17, 15) is 9.59 Å². The molecule has 2 aromatic carbocycles. The van der Waals surface area contributed by atoms with E-state index in [1.165, 1.54) is 7.11 Å². The highest BCUT2D eigenvalue weighted by atomic mass is 16.7. The quantitative estimate of drug-likeness (QED) is 0.687. The van der Waals surface area contributed by atoms with Crippen LogP contribution in [0.2, 0.25) is 0 Å². The Morgan fingerprint density at radius 1 is 1.12 bits per heavy atom. The molecule has 7 nitrogen and oxygen atoms in total. The number of ether oxygens (including phenoxy) is 4. The number of Topliss-reactive ketones (excluding diaryl/α,β-unsaturated/α-hetero) is 2. The van der Waals surface area contributed by atoms with Crippen LogP contribution in [0.1, 0.15) is 15.9 Å². The van der Waals surface area contributed by atoms with E-state index in [-0.39, 0.29) is 35.5 Å². The third kappa shape index (κ3) is 2.61. The first-order valence-corrected chi connectivity index (χ1v) is 10.7. The molecule has 7 heteroatoms. The van der Waals surface area contributed by atoms with Crippen molar-refractivity contribution >= 4 is 23.3 Å². The van der Waals surface area contributed by atoms with Gasteiger partial charge >= 0.3 is 0 Å². The van der Waals surface area contributed by atoms with E-state index in [2.05, 4.69) is 4.90 Å². The van der Waals surface area contributed by atoms with Gasteiger partial charge in [-0.3, -0.25) is 9.59 Å². The van der Waals surface area contributed by atoms with Crippen molar-refractivity contribution in [2.24, 2.45) is 11.8 Å². The molecule has 0 spiro atoms. The molecule has 4 aliphatic heterocycles. The Bertz CT molecular complexity index is 1140. The van der Waals surface area contributed by atoms with Gasteiger partial charge in [-0.25, -0.2) is 0 Å². The van der Waals surface area contributed by atoms with Gasteiger partial charge in [0.2, 0.25) is 6.29 Å². The summed E-state index contributed by atoms with van der Waals surface area (Å²) in [6.45, 7) is 0.313. The van der Waals surface area contributed by atoms with Crippen molar-refractivity contribution in [3.05, 3.63) is 59.7 Å². The lowest BCUT2D eigenvalue weighted by Crippen LogP contribution is -2.48. The summed E-state index contributed by atoms with van der Waals surface area (Å²) in [4.78, 5) is 29.5. The van der Waals surface area contributed by atoms with Crippen LogP contribution in [0.4, 0.5) is 5.69 Å². The van der Waals surface area contributed by atoms with Crippen molar-refractivity contribution in [1.82, 2.24) is 0 Å². The van der Waals surface area contributed by atoms with Crippen LogP contribution in [0.5, 0.6) is 11.5 Å². The molecule has 6 atom stereocenters. The molecule has 4 aliphatic rings. The van der Waals surface area contributed by atoms with Crippen molar-refractivity contribution in [2.75, 3.05) is 25.7 Å². The first-order valence-electron chi connectivity index (χ1n) is 10.7. The average molecular weight is 433 g/mol. The molecule has 0 unspecified atom stereocenters. The van der Waals surface area contributed by atoms with Gasteiger partial charge in [-0.2, -0.15) is 0 Å². The fourth-order valence-electron chi connectivity index (χ4n) is 5.74. The van der Waals surface area contributed by atoms with Crippen LogP contribution in [0.3, 0.4) is 0 Å². The molecule has 4 heterocycles. The molecule has 0 aromatic heterocycles. The summed E-state index contributed by atoms with van der Waals surface area (Å²) >= 11 is 0. The fourth-order valence-corrected chi connectivity index (χ4v) is 5.74. The van der Waals surface area contributed by atoms with Gasteiger partial charge in [0, 0.05) is 17.7 Å². The first kappa shape index (κ1) is 19.5. The zero-order chi connectivity index (χ0) is 22.0. The molecule has 6 rings (SSSR count). The van der Waals surface area contributed by atoms with E-state index in [1.54, 1.807) is 25.3 Å². The summed E-state index contributed by atoms with van der Waals surface area (Å²) in [5.41, 5.74) is 2.43. The number of rotatable bonds is 4. The standard InChI is InChI=1S/C25H23NO6/c1-29-14-8-9-15(18(11-14)30-2)23(27)22-21-19-12-31-25(32-19)24(28)20(21)17-10-7-13-5-3-4-6-16(13)26(17)22/h3-11,17,19-22,25H,12H2,1-2H3/t17-,19+,20-,21-,22+,25+/m1/s1. The summed E-state index contributed by atoms with van der Waals surface area (Å²) in [6.07, 6.45) is 2.94. The number of methoxy groups -OCH3 is 2. The monoisotopic (exact) mass is 433 g/mol. The molecule has 0 radical (unpaired) electrons. The minimum Gasteiger partial charge on any atom is -0.497 e. The zero-order valence-electron chi connectivity index (χ0n) is 17.8. The lowest BCUT2D eigenvalue weighted by molar-refractivity contribution is -0.163. The van der Waals surface area contributed by atoms with Gasteiger partial charge in [-0.15, -0.1) is 0 Å². The molecular formula is C25H23NO6. The van der Waals surface area contributed by atoms with Crippen molar-refractivity contribution in [3.8, 4) is 11.5 Å². The number of anilines is 1. The smallest absolute Gasteiger partial charge is 0.218 e. The third-order valence-electron chi connectivity index (χ3n) is 7.10. The van der Waals surface area contributed by atoms with Gasteiger partial charge in [0.05, 0.1) is 50.5 Å². The second-order valence-corrected chi connectivity index (χ2v) is 8.54. The molecule has 2 aromatic rings. The molecule has 2 bridgehead atoms. The number of carbonyl (C=O) groups is 2. The van der Waals surface area contributed by atoms with Crippen molar-refractivity contribution < 1.29 is 28.5 Å². The lowest BCUT2D eigenvalue weighted by atomic mass is 9.77. The predicted molar refractivity (Wildman–Crippen MR) is 116 cm³/mol. The zero-order valence-corrected chi connectivity index (χ0v) is 17.8. The molecule has 0 N–H and O–H groups in total. The van der Waals surface area contributed by atoms with Crippen LogP contribution in [0.15, 0.2) is 48.5 Å². The van der Waals surface area contributed by atoms with Gasteiger partial charge in [0.15, 0.2) is 11.6 Å². The lowest BCUT2D eigenvalue weighted by Gasteiger charge is -2.35.